The van der Waals surface area contributed by atoms with E-state index in [1.165, 1.54) is 0 Å². The molecule has 1 heterocycles. The first-order valence-corrected chi connectivity index (χ1v) is 7.19. The molecule has 5 nitrogen and oxygen atoms in total. The van der Waals surface area contributed by atoms with Gasteiger partial charge in [-0.1, -0.05) is 13.0 Å². The van der Waals surface area contributed by atoms with Crippen molar-refractivity contribution in [3.8, 4) is 0 Å². The highest BCUT2D eigenvalue weighted by Crippen LogP contribution is 2.19. The fourth-order valence-electron chi connectivity index (χ4n) is 2.45. The third-order valence-electron chi connectivity index (χ3n) is 3.76. The Hall–Kier alpha value is -1.59. The van der Waals surface area contributed by atoms with Crippen LogP contribution in [0.15, 0.2) is 18.2 Å². The number of nitrogens with zero attached hydrogens (tertiary/aromatic N) is 2. The van der Waals surface area contributed by atoms with Gasteiger partial charge in [0.25, 0.3) is 0 Å². The molecule has 1 aromatic carbocycles. The van der Waals surface area contributed by atoms with Crippen molar-refractivity contribution in [2.75, 3.05) is 50.3 Å². The average molecular weight is 276 g/mol. The van der Waals surface area contributed by atoms with Crippen molar-refractivity contribution in [2.24, 2.45) is 0 Å². The molecule has 0 unspecified atom stereocenters. The summed E-state index contributed by atoms with van der Waals surface area (Å²) in [6, 6.07) is 5.68. The summed E-state index contributed by atoms with van der Waals surface area (Å²) in [6.07, 6.45) is 0. The number of hydrogen-bond acceptors (Lipinski definition) is 4. The smallest absolute Gasteiger partial charge is 0.238 e. The topological polar surface area (TPSA) is 61.6 Å². The Morgan fingerprint density at radius 3 is 2.50 bits per heavy atom. The van der Waals surface area contributed by atoms with Gasteiger partial charge in [-0.05, 0) is 31.2 Å². The van der Waals surface area contributed by atoms with E-state index in [4.69, 9.17) is 5.73 Å². The van der Waals surface area contributed by atoms with Crippen LogP contribution in [-0.2, 0) is 4.79 Å². The minimum Gasteiger partial charge on any atom is -0.397 e. The maximum absolute atomic E-state index is 12.0. The van der Waals surface area contributed by atoms with Gasteiger partial charge in [0, 0.05) is 26.2 Å². The first kappa shape index (κ1) is 14.8. The van der Waals surface area contributed by atoms with E-state index >= 15 is 0 Å². The van der Waals surface area contributed by atoms with Crippen LogP contribution in [0.3, 0.4) is 0 Å². The second kappa shape index (κ2) is 6.72. The molecule has 1 aromatic rings. The number of nitrogen functional groups attached to an aromatic ring is 1. The lowest BCUT2D eigenvalue weighted by atomic mass is 10.2. The number of likely N-dealkylation sites (N-methyl/N-ethyl adjacent to an activating group) is 1. The molecular formula is C15H24N4O. The molecule has 1 aliphatic heterocycles. The highest BCUT2D eigenvalue weighted by molar-refractivity contribution is 5.95. The molecule has 0 bridgehead atoms. The summed E-state index contributed by atoms with van der Waals surface area (Å²) in [6.45, 7) is 9.64. The molecule has 0 spiro atoms. The number of benzene rings is 1. The molecule has 1 amide bonds. The summed E-state index contributed by atoms with van der Waals surface area (Å²) in [5.74, 6) is 0.00509. The van der Waals surface area contributed by atoms with E-state index in [9.17, 15) is 4.79 Å². The lowest BCUT2D eigenvalue weighted by molar-refractivity contribution is -0.117. The van der Waals surface area contributed by atoms with Gasteiger partial charge in [0.1, 0.15) is 0 Å². The zero-order chi connectivity index (χ0) is 14.5. The molecule has 2 rings (SSSR count). The second-order valence-electron chi connectivity index (χ2n) is 5.35. The van der Waals surface area contributed by atoms with Crippen LogP contribution in [0.25, 0.3) is 0 Å². The van der Waals surface area contributed by atoms with Crippen LogP contribution in [0.5, 0.6) is 0 Å². The molecule has 0 radical (unpaired) electrons. The molecule has 0 aromatic heterocycles. The van der Waals surface area contributed by atoms with Crippen LogP contribution in [0, 0.1) is 6.92 Å². The highest BCUT2D eigenvalue weighted by atomic mass is 16.2. The van der Waals surface area contributed by atoms with Crippen LogP contribution in [-0.4, -0.2) is 55.0 Å². The molecule has 0 atom stereocenters. The molecule has 110 valence electrons. The maximum atomic E-state index is 12.0. The predicted octanol–water partition coefficient (Wildman–Crippen LogP) is 1.15. The molecule has 20 heavy (non-hydrogen) atoms. The van der Waals surface area contributed by atoms with Crippen molar-refractivity contribution in [1.29, 1.82) is 0 Å². The number of carbonyl (C=O) groups is 1. The zero-order valence-corrected chi connectivity index (χ0v) is 12.4. The molecule has 3 N–H and O–H groups in total. The van der Waals surface area contributed by atoms with E-state index in [1.54, 1.807) is 0 Å². The normalized spacial score (nSPS) is 17.1. The predicted molar refractivity (Wildman–Crippen MR) is 82.8 cm³/mol. The highest BCUT2D eigenvalue weighted by Gasteiger charge is 2.18. The Bertz CT molecular complexity index is 467. The van der Waals surface area contributed by atoms with E-state index < -0.39 is 0 Å². The number of hydrogen-bond donors (Lipinski definition) is 2. The van der Waals surface area contributed by atoms with Crippen LogP contribution < -0.4 is 11.1 Å². The van der Waals surface area contributed by atoms with Gasteiger partial charge in [0.2, 0.25) is 5.91 Å². The number of nitrogens with two attached hydrogens (primary N) is 1. The number of amides is 1. The van der Waals surface area contributed by atoms with Crippen molar-refractivity contribution < 1.29 is 4.79 Å². The Morgan fingerprint density at radius 1 is 1.25 bits per heavy atom. The van der Waals surface area contributed by atoms with Gasteiger partial charge in [-0.15, -0.1) is 0 Å². The van der Waals surface area contributed by atoms with Gasteiger partial charge < -0.3 is 16.0 Å². The lowest BCUT2D eigenvalue weighted by Gasteiger charge is -2.33. The summed E-state index contributed by atoms with van der Waals surface area (Å²) in [5.41, 5.74) is 8.32. The standard InChI is InChI=1S/C15H24N4O/c1-3-18-6-8-19(9-7-18)11-15(20)17-14-5-4-12(2)10-13(14)16/h4-5,10H,3,6-9,11,16H2,1-2H3,(H,17,20). The van der Waals surface area contributed by atoms with Gasteiger partial charge in [0.15, 0.2) is 0 Å². The van der Waals surface area contributed by atoms with Crippen LogP contribution in [0.1, 0.15) is 12.5 Å². The van der Waals surface area contributed by atoms with Crippen molar-refractivity contribution in [1.82, 2.24) is 9.80 Å². The quantitative estimate of drug-likeness (QED) is 0.810. The Labute approximate surface area is 120 Å². The van der Waals surface area contributed by atoms with Gasteiger partial charge in [-0.2, -0.15) is 0 Å². The van der Waals surface area contributed by atoms with Crippen molar-refractivity contribution in [3.63, 3.8) is 0 Å². The fraction of sp³-hybridized carbons (Fsp3) is 0.533. The van der Waals surface area contributed by atoms with Crippen LogP contribution in [0.2, 0.25) is 0 Å². The zero-order valence-electron chi connectivity index (χ0n) is 12.4. The van der Waals surface area contributed by atoms with Gasteiger partial charge in [-0.3, -0.25) is 9.69 Å². The second-order valence-corrected chi connectivity index (χ2v) is 5.35. The SMILES string of the molecule is CCN1CCN(CC(=O)Nc2ccc(C)cc2N)CC1. The minimum atomic E-state index is 0.00509. The Morgan fingerprint density at radius 2 is 1.90 bits per heavy atom. The number of anilines is 2. The van der Waals surface area contributed by atoms with Gasteiger partial charge in [0.05, 0.1) is 17.9 Å². The Kier molecular flexibility index (Phi) is 4.98. The molecule has 1 fully saturated rings. The van der Waals surface area contributed by atoms with E-state index in [0.717, 1.165) is 38.3 Å². The lowest BCUT2D eigenvalue weighted by Crippen LogP contribution is -2.48. The third-order valence-corrected chi connectivity index (χ3v) is 3.76. The summed E-state index contributed by atoms with van der Waals surface area (Å²) >= 11 is 0. The van der Waals surface area contributed by atoms with E-state index in [1.807, 2.05) is 25.1 Å². The number of piperazine rings is 1. The fourth-order valence-corrected chi connectivity index (χ4v) is 2.45. The molecule has 1 aliphatic rings. The minimum absolute atomic E-state index is 0.00509. The first-order valence-electron chi connectivity index (χ1n) is 7.19. The molecule has 5 heteroatoms. The third kappa shape index (κ3) is 3.95. The molecular weight excluding hydrogens is 252 g/mol. The average Bonchev–Trinajstić information content (AvgIpc) is 2.43. The van der Waals surface area contributed by atoms with Crippen molar-refractivity contribution in [3.05, 3.63) is 23.8 Å². The number of aryl methyl sites for hydroxylation is 1. The maximum Gasteiger partial charge on any atom is 0.238 e. The monoisotopic (exact) mass is 276 g/mol. The molecule has 1 saturated heterocycles. The largest absolute Gasteiger partial charge is 0.397 e. The number of rotatable bonds is 4. The summed E-state index contributed by atoms with van der Waals surface area (Å²) in [4.78, 5) is 16.6. The summed E-state index contributed by atoms with van der Waals surface area (Å²) in [7, 11) is 0. The van der Waals surface area contributed by atoms with E-state index in [-0.39, 0.29) is 5.91 Å². The van der Waals surface area contributed by atoms with Gasteiger partial charge in [-0.25, -0.2) is 0 Å². The van der Waals surface area contributed by atoms with Crippen molar-refractivity contribution >= 4 is 17.3 Å². The van der Waals surface area contributed by atoms with Crippen molar-refractivity contribution in [2.45, 2.75) is 13.8 Å². The summed E-state index contributed by atoms with van der Waals surface area (Å²) < 4.78 is 0. The first-order chi connectivity index (χ1) is 9.58. The molecule has 0 aliphatic carbocycles. The van der Waals surface area contributed by atoms with Gasteiger partial charge >= 0.3 is 0 Å². The Balaban J connectivity index is 1.84. The van der Waals surface area contributed by atoms with Crippen LogP contribution in [0.4, 0.5) is 11.4 Å². The number of nitrogens with one attached hydrogen (secondary N) is 1. The van der Waals surface area contributed by atoms with E-state index in [2.05, 4.69) is 22.0 Å². The molecule has 0 saturated carbocycles. The van der Waals surface area contributed by atoms with Crippen LogP contribution >= 0.6 is 0 Å². The summed E-state index contributed by atoms with van der Waals surface area (Å²) in [5, 5.41) is 2.89. The number of carbonyl (C=O) groups excluding carboxylic acids is 1. The van der Waals surface area contributed by atoms with E-state index in [0.29, 0.717) is 17.9 Å².